The van der Waals surface area contributed by atoms with Crippen LogP contribution in [0.4, 0.5) is 0 Å². The van der Waals surface area contributed by atoms with E-state index in [1.165, 1.54) is 0 Å². The molecule has 0 bridgehead atoms. The molecule has 0 fully saturated rings. The lowest BCUT2D eigenvalue weighted by molar-refractivity contribution is -0.122. The molecule has 0 aromatic carbocycles. The molecule has 0 heterocycles. The molecule has 0 aromatic heterocycles. The quantitative estimate of drug-likeness (QED) is 0.394. The van der Waals surface area contributed by atoms with Gasteiger partial charge in [0.2, 0.25) is 11.8 Å². The predicted octanol–water partition coefficient (Wildman–Crippen LogP) is -1.51. The molecule has 0 rings (SSSR count). The maximum atomic E-state index is 11.0. The minimum atomic E-state index is -0.0528. The number of carbonyl (C=O) groups excluding carboxylic acids is 2. The summed E-state index contributed by atoms with van der Waals surface area (Å²) >= 11 is 0. The van der Waals surface area contributed by atoms with E-state index in [2.05, 4.69) is 16.0 Å². The fourth-order valence-corrected chi connectivity index (χ4v) is 1.10. The van der Waals surface area contributed by atoms with Gasteiger partial charge in [0.1, 0.15) is 0 Å². The summed E-state index contributed by atoms with van der Waals surface area (Å²) in [4.78, 5) is 21.9. The first-order valence-electron chi connectivity index (χ1n) is 5.98. The predicted molar refractivity (Wildman–Crippen MR) is 67.3 cm³/mol. The van der Waals surface area contributed by atoms with Crippen LogP contribution in [0.5, 0.6) is 0 Å². The average molecular weight is 261 g/mol. The molecule has 0 saturated heterocycles. The fourth-order valence-electron chi connectivity index (χ4n) is 1.10. The molecule has 0 atom stereocenters. The molecule has 3 N–H and O–H groups in total. The van der Waals surface area contributed by atoms with Gasteiger partial charge in [0, 0.05) is 20.0 Å². The normalized spacial score (nSPS) is 10.1. The van der Waals surface area contributed by atoms with Crippen LogP contribution in [0.15, 0.2) is 0 Å². The standard InChI is InChI=1S/C11H23N3O4/c1-12-9-11(16)14-4-6-18-8-7-17-5-3-10(15)13-2/h12H,3-9H2,1-2H3,(H,13,15)(H,14,16). The summed E-state index contributed by atoms with van der Waals surface area (Å²) < 4.78 is 10.4. The largest absolute Gasteiger partial charge is 0.379 e. The third-order valence-corrected chi connectivity index (χ3v) is 2.03. The van der Waals surface area contributed by atoms with E-state index < -0.39 is 0 Å². The molecule has 106 valence electrons. The van der Waals surface area contributed by atoms with Gasteiger partial charge >= 0.3 is 0 Å². The molecule has 0 aromatic rings. The minimum absolute atomic E-state index is 0.0387. The van der Waals surface area contributed by atoms with E-state index in [9.17, 15) is 9.59 Å². The fraction of sp³-hybridized carbons (Fsp3) is 0.818. The van der Waals surface area contributed by atoms with Crippen LogP contribution < -0.4 is 16.0 Å². The molecule has 7 heteroatoms. The van der Waals surface area contributed by atoms with Crippen LogP contribution in [-0.4, -0.2) is 65.4 Å². The summed E-state index contributed by atoms with van der Waals surface area (Å²) in [5.74, 6) is -0.0916. The van der Waals surface area contributed by atoms with Crippen molar-refractivity contribution in [2.45, 2.75) is 6.42 Å². The van der Waals surface area contributed by atoms with E-state index in [-0.39, 0.29) is 11.8 Å². The van der Waals surface area contributed by atoms with Gasteiger partial charge in [-0.2, -0.15) is 0 Å². The van der Waals surface area contributed by atoms with Crippen LogP contribution in [0.3, 0.4) is 0 Å². The van der Waals surface area contributed by atoms with Gasteiger partial charge in [0.25, 0.3) is 0 Å². The van der Waals surface area contributed by atoms with Crippen LogP contribution in [0.1, 0.15) is 6.42 Å². The zero-order chi connectivity index (χ0) is 13.6. The molecule has 18 heavy (non-hydrogen) atoms. The summed E-state index contributed by atoms with van der Waals surface area (Å²) in [5, 5.41) is 7.95. The van der Waals surface area contributed by atoms with Crippen LogP contribution >= 0.6 is 0 Å². The van der Waals surface area contributed by atoms with E-state index >= 15 is 0 Å². The number of carbonyl (C=O) groups is 2. The zero-order valence-electron chi connectivity index (χ0n) is 11.1. The van der Waals surface area contributed by atoms with Crippen LogP contribution in [0, 0.1) is 0 Å². The molecule has 7 nitrogen and oxygen atoms in total. The molecule has 0 saturated carbocycles. The monoisotopic (exact) mass is 261 g/mol. The third-order valence-electron chi connectivity index (χ3n) is 2.03. The van der Waals surface area contributed by atoms with Crippen molar-refractivity contribution in [1.82, 2.24) is 16.0 Å². The lowest BCUT2D eigenvalue weighted by atomic mass is 10.4. The number of nitrogens with one attached hydrogen (secondary N) is 3. The van der Waals surface area contributed by atoms with Gasteiger partial charge in [0.15, 0.2) is 0 Å². The summed E-state index contributed by atoms with van der Waals surface area (Å²) in [6.45, 7) is 2.54. The molecular formula is C11H23N3O4. The first kappa shape index (κ1) is 16.8. The molecule has 2 amide bonds. The number of hydrogen-bond donors (Lipinski definition) is 3. The second-order valence-electron chi connectivity index (χ2n) is 3.53. The van der Waals surface area contributed by atoms with E-state index in [1.807, 2.05) is 0 Å². The molecule has 0 radical (unpaired) electrons. The SMILES string of the molecule is CNCC(=O)NCCOCCOCCC(=O)NC. The highest BCUT2D eigenvalue weighted by Crippen LogP contribution is 1.83. The van der Waals surface area contributed by atoms with Gasteiger partial charge in [-0.15, -0.1) is 0 Å². The number of likely N-dealkylation sites (N-methyl/N-ethyl adjacent to an activating group) is 1. The molecular weight excluding hydrogens is 238 g/mol. The Bertz CT molecular complexity index is 236. The highest BCUT2D eigenvalue weighted by atomic mass is 16.5. The summed E-state index contributed by atoms with van der Waals surface area (Å²) in [7, 11) is 3.31. The number of rotatable bonds is 11. The molecule has 0 aliphatic rings. The van der Waals surface area contributed by atoms with E-state index in [4.69, 9.17) is 9.47 Å². The maximum absolute atomic E-state index is 11.0. The van der Waals surface area contributed by atoms with Gasteiger partial charge in [-0.05, 0) is 7.05 Å². The summed E-state index contributed by atoms with van der Waals surface area (Å²) in [6, 6.07) is 0. The van der Waals surface area contributed by atoms with E-state index in [0.29, 0.717) is 45.9 Å². The van der Waals surface area contributed by atoms with Crippen LogP contribution in [0.25, 0.3) is 0 Å². The lowest BCUT2D eigenvalue weighted by Gasteiger charge is -2.07. The Balaban J connectivity index is 3.12. The van der Waals surface area contributed by atoms with Crippen molar-refractivity contribution in [2.24, 2.45) is 0 Å². The van der Waals surface area contributed by atoms with Crippen LogP contribution in [-0.2, 0) is 19.1 Å². The molecule has 0 aliphatic carbocycles. The zero-order valence-corrected chi connectivity index (χ0v) is 11.1. The third kappa shape index (κ3) is 11.3. The van der Waals surface area contributed by atoms with Crippen molar-refractivity contribution in [2.75, 3.05) is 53.6 Å². The Kier molecular flexibility index (Phi) is 11.5. The lowest BCUT2D eigenvalue weighted by Crippen LogP contribution is -2.34. The summed E-state index contributed by atoms with van der Waals surface area (Å²) in [6.07, 6.45) is 0.358. The van der Waals surface area contributed by atoms with E-state index in [1.54, 1.807) is 14.1 Å². The minimum Gasteiger partial charge on any atom is -0.379 e. The second-order valence-corrected chi connectivity index (χ2v) is 3.53. The Morgan fingerprint density at radius 1 is 0.944 bits per heavy atom. The van der Waals surface area contributed by atoms with Crippen molar-refractivity contribution in [1.29, 1.82) is 0 Å². The van der Waals surface area contributed by atoms with Gasteiger partial charge in [0.05, 0.1) is 33.0 Å². The Hall–Kier alpha value is -1.18. The number of amides is 2. The van der Waals surface area contributed by atoms with Gasteiger partial charge in [-0.25, -0.2) is 0 Å². The van der Waals surface area contributed by atoms with Crippen LogP contribution in [0.2, 0.25) is 0 Å². The Morgan fingerprint density at radius 2 is 1.61 bits per heavy atom. The highest BCUT2D eigenvalue weighted by molar-refractivity contribution is 5.77. The number of ether oxygens (including phenoxy) is 2. The molecule has 0 unspecified atom stereocenters. The number of hydrogen-bond acceptors (Lipinski definition) is 5. The molecule has 0 aliphatic heterocycles. The Morgan fingerprint density at radius 3 is 2.22 bits per heavy atom. The van der Waals surface area contributed by atoms with Crippen molar-refractivity contribution < 1.29 is 19.1 Å². The van der Waals surface area contributed by atoms with Crippen molar-refractivity contribution >= 4 is 11.8 Å². The Labute approximate surface area is 108 Å². The van der Waals surface area contributed by atoms with Crippen molar-refractivity contribution in [3.05, 3.63) is 0 Å². The highest BCUT2D eigenvalue weighted by Gasteiger charge is 1.98. The van der Waals surface area contributed by atoms with Gasteiger partial charge < -0.3 is 25.4 Å². The topological polar surface area (TPSA) is 88.7 Å². The van der Waals surface area contributed by atoms with Gasteiger partial charge in [-0.3, -0.25) is 9.59 Å². The average Bonchev–Trinajstić information content (AvgIpc) is 2.36. The van der Waals surface area contributed by atoms with Crippen molar-refractivity contribution in [3.63, 3.8) is 0 Å². The second kappa shape index (κ2) is 12.3. The first-order valence-corrected chi connectivity index (χ1v) is 5.98. The van der Waals surface area contributed by atoms with E-state index in [0.717, 1.165) is 0 Å². The van der Waals surface area contributed by atoms with Crippen molar-refractivity contribution in [3.8, 4) is 0 Å². The smallest absolute Gasteiger partial charge is 0.234 e. The van der Waals surface area contributed by atoms with Gasteiger partial charge in [-0.1, -0.05) is 0 Å². The first-order chi connectivity index (χ1) is 8.70. The maximum Gasteiger partial charge on any atom is 0.234 e. The molecule has 0 spiro atoms. The summed E-state index contributed by atoms with van der Waals surface area (Å²) in [5.41, 5.74) is 0.